The van der Waals surface area contributed by atoms with E-state index in [1.54, 1.807) is 48.5 Å². The maximum absolute atomic E-state index is 14.5. The van der Waals surface area contributed by atoms with E-state index in [0.717, 1.165) is 0 Å². The van der Waals surface area contributed by atoms with E-state index in [1.165, 1.54) is 16.7 Å². The molecule has 0 aliphatic carbocycles. The van der Waals surface area contributed by atoms with Crippen molar-refractivity contribution in [2.24, 2.45) is 0 Å². The van der Waals surface area contributed by atoms with Crippen LogP contribution in [0.4, 0.5) is 4.39 Å². The fraction of sp³-hybridized carbons (Fsp3) is 0.0952. The first-order chi connectivity index (χ1) is 13.1. The van der Waals surface area contributed by atoms with Crippen LogP contribution >= 0.6 is 11.6 Å². The third-order valence-electron chi connectivity index (χ3n) is 4.34. The van der Waals surface area contributed by atoms with Crippen LogP contribution in [0, 0.1) is 5.82 Å². The Morgan fingerprint density at radius 2 is 1.74 bits per heavy atom. The zero-order valence-electron chi connectivity index (χ0n) is 14.5. The molecule has 134 valence electrons. The molecule has 0 radical (unpaired) electrons. The first-order valence-electron chi connectivity index (χ1n) is 8.52. The molecule has 6 heteroatoms. The van der Waals surface area contributed by atoms with Gasteiger partial charge in [0.25, 0.3) is 5.56 Å². The Hall–Kier alpha value is -3.05. The molecule has 4 nitrogen and oxygen atoms in total. The van der Waals surface area contributed by atoms with Crippen molar-refractivity contribution in [2.45, 2.75) is 13.3 Å². The fourth-order valence-electron chi connectivity index (χ4n) is 3.04. The van der Waals surface area contributed by atoms with E-state index in [9.17, 15) is 9.18 Å². The molecule has 2 aromatic carbocycles. The van der Waals surface area contributed by atoms with Gasteiger partial charge in [-0.25, -0.2) is 14.4 Å². The highest BCUT2D eigenvalue weighted by atomic mass is 35.5. The largest absolute Gasteiger partial charge is 0.269 e. The summed E-state index contributed by atoms with van der Waals surface area (Å²) >= 11 is 6.32. The average molecular weight is 380 g/mol. The van der Waals surface area contributed by atoms with Gasteiger partial charge in [0.05, 0.1) is 16.4 Å². The minimum atomic E-state index is -0.380. The van der Waals surface area contributed by atoms with Crippen molar-refractivity contribution in [3.8, 4) is 16.9 Å². The summed E-state index contributed by atoms with van der Waals surface area (Å²) in [7, 11) is 0. The molecule has 4 aromatic rings. The summed E-state index contributed by atoms with van der Waals surface area (Å²) in [5, 5.41) is 1.01. The van der Waals surface area contributed by atoms with Gasteiger partial charge in [0.2, 0.25) is 0 Å². The molecule has 0 bridgehead atoms. The average Bonchev–Trinajstić information content (AvgIpc) is 2.68. The number of hydrogen-bond donors (Lipinski definition) is 0. The summed E-state index contributed by atoms with van der Waals surface area (Å²) in [5.41, 5.74) is 1.48. The summed E-state index contributed by atoms with van der Waals surface area (Å²) in [6, 6.07) is 16.5. The molecule has 0 fully saturated rings. The molecule has 2 heterocycles. The Balaban J connectivity index is 2.15. The highest BCUT2D eigenvalue weighted by Gasteiger charge is 2.17. The van der Waals surface area contributed by atoms with Crippen LogP contribution in [0.2, 0.25) is 5.02 Å². The Morgan fingerprint density at radius 1 is 1.00 bits per heavy atom. The SMILES string of the molecule is CCc1nc(-c2ccccc2F)c2ccc(=O)n(-c3ccccc3Cl)c2n1. The van der Waals surface area contributed by atoms with Gasteiger partial charge in [0.1, 0.15) is 11.6 Å². The number of aromatic nitrogens is 3. The number of hydrogen-bond acceptors (Lipinski definition) is 3. The van der Waals surface area contributed by atoms with Gasteiger partial charge >= 0.3 is 0 Å². The summed E-state index contributed by atoms with van der Waals surface area (Å²) in [5.74, 6) is 0.141. The number of fused-ring (bicyclic) bond motifs is 1. The maximum Gasteiger partial charge on any atom is 0.256 e. The second kappa shape index (κ2) is 6.93. The van der Waals surface area contributed by atoms with Crippen LogP contribution in [0.5, 0.6) is 0 Å². The Morgan fingerprint density at radius 3 is 2.48 bits per heavy atom. The number of benzene rings is 2. The standard InChI is InChI=1S/C21H15ClFN3O/c1-2-18-24-20(13-7-3-5-9-16(13)23)14-11-12-19(27)26(21(14)25-18)17-10-6-4-8-15(17)22/h3-12H,2H2,1H3. The van der Waals surface area contributed by atoms with E-state index in [4.69, 9.17) is 11.6 Å². The summed E-state index contributed by atoms with van der Waals surface area (Å²) in [6.07, 6.45) is 0.545. The molecule has 4 rings (SSSR count). The van der Waals surface area contributed by atoms with Crippen LogP contribution in [0.3, 0.4) is 0 Å². The normalized spacial score (nSPS) is 11.1. The van der Waals surface area contributed by atoms with Gasteiger partial charge in [0, 0.05) is 23.4 Å². The molecule has 0 amide bonds. The molecule has 2 aromatic heterocycles. The van der Waals surface area contributed by atoms with Crippen LogP contribution in [0.1, 0.15) is 12.7 Å². The number of pyridine rings is 1. The highest BCUT2D eigenvalue weighted by Crippen LogP contribution is 2.29. The molecule has 27 heavy (non-hydrogen) atoms. The van der Waals surface area contributed by atoms with Gasteiger partial charge in [0.15, 0.2) is 5.65 Å². The van der Waals surface area contributed by atoms with Crippen LogP contribution in [0.15, 0.2) is 65.5 Å². The number of halogens is 2. The lowest BCUT2D eigenvalue weighted by molar-refractivity contribution is 0.630. The third kappa shape index (κ3) is 3.00. The van der Waals surface area contributed by atoms with Gasteiger partial charge in [-0.1, -0.05) is 42.8 Å². The predicted molar refractivity (Wildman–Crippen MR) is 105 cm³/mol. The van der Waals surface area contributed by atoms with Crippen LogP contribution in [-0.4, -0.2) is 14.5 Å². The van der Waals surface area contributed by atoms with Gasteiger partial charge in [-0.3, -0.25) is 9.36 Å². The fourth-order valence-corrected chi connectivity index (χ4v) is 3.26. The third-order valence-corrected chi connectivity index (χ3v) is 4.65. The molecule has 0 spiro atoms. The first kappa shape index (κ1) is 17.4. The van der Waals surface area contributed by atoms with Crippen LogP contribution in [0.25, 0.3) is 28.0 Å². The van der Waals surface area contributed by atoms with E-state index >= 15 is 0 Å². The molecular formula is C21H15ClFN3O. The van der Waals surface area contributed by atoms with Gasteiger partial charge < -0.3 is 0 Å². The first-order valence-corrected chi connectivity index (χ1v) is 8.90. The topological polar surface area (TPSA) is 47.8 Å². The summed E-state index contributed by atoms with van der Waals surface area (Å²) in [4.78, 5) is 21.8. The second-order valence-corrected chi connectivity index (χ2v) is 6.42. The van der Waals surface area contributed by atoms with E-state index in [-0.39, 0.29) is 11.4 Å². The molecule has 0 aliphatic heterocycles. The minimum absolute atomic E-state index is 0.268. The Bertz CT molecular complexity index is 1220. The van der Waals surface area contributed by atoms with Crippen molar-refractivity contribution in [2.75, 3.05) is 0 Å². The second-order valence-electron chi connectivity index (χ2n) is 6.02. The van der Waals surface area contributed by atoms with Crippen LogP contribution < -0.4 is 5.56 Å². The minimum Gasteiger partial charge on any atom is -0.269 e. The molecule has 0 unspecified atom stereocenters. The molecule has 0 N–H and O–H groups in total. The quantitative estimate of drug-likeness (QED) is 0.513. The monoisotopic (exact) mass is 379 g/mol. The lowest BCUT2D eigenvalue weighted by atomic mass is 10.1. The Kier molecular flexibility index (Phi) is 4.46. The zero-order valence-corrected chi connectivity index (χ0v) is 15.2. The van der Waals surface area contributed by atoms with Crippen molar-refractivity contribution in [1.29, 1.82) is 0 Å². The predicted octanol–water partition coefficient (Wildman–Crippen LogP) is 4.80. The smallest absolute Gasteiger partial charge is 0.256 e. The van der Waals surface area contributed by atoms with Gasteiger partial charge in [-0.15, -0.1) is 0 Å². The van der Waals surface area contributed by atoms with Crippen molar-refractivity contribution in [1.82, 2.24) is 14.5 Å². The van der Waals surface area contributed by atoms with Crippen LogP contribution in [-0.2, 0) is 6.42 Å². The van der Waals surface area contributed by atoms with Gasteiger partial charge in [-0.2, -0.15) is 0 Å². The highest BCUT2D eigenvalue weighted by molar-refractivity contribution is 6.32. The Labute approximate surface area is 159 Å². The zero-order chi connectivity index (χ0) is 19.0. The molecule has 0 saturated carbocycles. The molecule has 0 atom stereocenters. The van der Waals surface area contributed by atoms with Crippen molar-refractivity contribution in [3.63, 3.8) is 0 Å². The molecular weight excluding hydrogens is 365 g/mol. The maximum atomic E-state index is 14.5. The summed E-state index contributed by atoms with van der Waals surface area (Å²) in [6.45, 7) is 1.91. The molecule has 0 aliphatic rings. The number of para-hydroxylation sites is 1. The van der Waals surface area contributed by atoms with Crippen molar-refractivity contribution >= 4 is 22.6 Å². The van der Waals surface area contributed by atoms with E-state index in [2.05, 4.69) is 9.97 Å². The van der Waals surface area contributed by atoms with E-state index in [0.29, 0.717) is 45.2 Å². The number of nitrogens with zero attached hydrogens (tertiary/aromatic N) is 3. The summed E-state index contributed by atoms with van der Waals surface area (Å²) < 4.78 is 15.9. The van der Waals surface area contributed by atoms with Crippen molar-refractivity contribution in [3.05, 3.63) is 87.7 Å². The van der Waals surface area contributed by atoms with Gasteiger partial charge in [-0.05, 0) is 30.3 Å². The lowest BCUT2D eigenvalue weighted by Crippen LogP contribution is -2.19. The molecule has 0 saturated heterocycles. The number of rotatable bonds is 3. The van der Waals surface area contributed by atoms with E-state index in [1.807, 2.05) is 6.92 Å². The lowest BCUT2D eigenvalue weighted by Gasteiger charge is -2.14. The van der Waals surface area contributed by atoms with E-state index < -0.39 is 0 Å². The van der Waals surface area contributed by atoms with Crippen molar-refractivity contribution < 1.29 is 4.39 Å². The number of aryl methyl sites for hydroxylation is 1.